The lowest BCUT2D eigenvalue weighted by Crippen LogP contribution is -2.35. The van der Waals surface area contributed by atoms with Gasteiger partial charge in [-0.25, -0.2) is 0 Å². The summed E-state index contributed by atoms with van der Waals surface area (Å²) < 4.78 is 5.75. The lowest BCUT2D eigenvalue weighted by atomic mass is 10.0. The Kier molecular flexibility index (Phi) is 7.76. The second-order valence-electron chi connectivity index (χ2n) is 5.56. The number of aryl methyl sites for hydroxylation is 2. The maximum Gasteiger partial charge on any atom is 0.0623 e. The molecule has 0 heterocycles. The van der Waals surface area contributed by atoms with Gasteiger partial charge in [-0.15, -0.1) is 0 Å². The number of ether oxygens (including phenoxy) is 1. The maximum absolute atomic E-state index is 5.75. The summed E-state index contributed by atoms with van der Waals surface area (Å²) in [7, 11) is 0. The van der Waals surface area contributed by atoms with Gasteiger partial charge >= 0.3 is 0 Å². The number of nitrogens with one attached hydrogen (secondary N) is 1. The van der Waals surface area contributed by atoms with E-state index in [9.17, 15) is 0 Å². The summed E-state index contributed by atoms with van der Waals surface area (Å²) in [5.74, 6) is 0. The summed E-state index contributed by atoms with van der Waals surface area (Å²) in [6, 6.07) is 9.25. The molecule has 1 aromatic carbocycles. The molecule has 1 unspecified atom stereocenters. The topological polar surface area (TPSA) is 21.3 Å². The van der Waals surface area contributed by atoms with E-state index in [1.807, 2.05) is 0 Å². The van der Waals surface area contributed by atoms with E-state index in [1.165, 1.54) is 17.5 Å². The molecule has 0 fully saturated rings. The molecule has 2 heteroatoms. The van der Waals surface area contributed by atoms with Crippen molar-refractivity contribution in [1.29, 1.82) is 0 Å². The molecule has 0 saturated heterocycles. The third-order valence-corrected chi connectivity index (χ3v) is 3.18. The van der Waals surface area contributed by atoms with Crippen LogP contribution in [0, 0.1) is 6.92 Å². The van der Waals surface area contributed by atoms with E-state index in [2.05, 4.69) is 57.3 Å². The van der Waals surface area contributed by atoms with Crippen LogP contribution in [0.2, 0.25) is 0 Å². The van der Waals surface area contributed by atoms with Crippen LogP contribution in [0.1, 0.15) is 44.7 Å². The van der Waals surface area contributed by atoms with Gasteiger partial charge in [0, 0.05) is 6.04 Å². The molecule has 0 radical (unpaired) electrons. The second-order valence-corrected chi connectivity index (χ2v) is 5.56. The Hall–Kier alpha value is -0.860. The quantitative estimate of drug-likeness (QED) is 0.733. The predicted molar refractivity (Wildman–Crippen MR) is 82.7 cm³/mol. The third kappa shape index (κ3) is 7.34. The fraction of sp³-hybridized carbons (Fsp3) is 0.647. The van der Waals surface area contributed by atoms with Crippen molar-refractivity contribution in [3.8, 4) is 0 Å². The number of hydrogen-bond acceptors (Lipinski definition) is 2. The van der Waals surface area contributed by atoms with Crippen molar-refractivity contribution in [2.24, 2.45) is 0 Å². The Morgan fingerprint density at radius 2 is 2.05 bits per heavy atom. The van der Waals surface area contributed by atoms with Gasteiger partial charge in [0.25, 0.3) is 0 Å². The van der Waals surface area contributed by atoms with Crippen LogP contribution >= 0.6 is 0 Å². The molecular formula is C17H29NO. The van der Waals surface area contributed by atoms with E-state index in [1.54, 1.807) is 0 Å². The van der Waals surface area contributed by atoms with Gasteiger partial charge in [0.05, 0.1) is 12.7 Å². The van der Waals surface area contributed by atoms with Gasteiger partial charge in [-0.1, -0.05) is 36.8 Å². The first kappa shape index (κ1) is 16.2. The highest BCUT2D eigenvalue weighted by molar-refractivity contribution is 5.22. The summed E-state index contributed by atoms with van der Waals surface area (Å²) in [4.78, 5) is 0. The highest BCUT2D eigenvalue weighted by Gasteiger charge is 2.09. The Bertz CT molecular complexity index is 349. The zero-order chi connectivity index (χ0) is 14.1. The van der Waals surface area contributed by atoms with E-state index in [4.69, 9.17) is 4.74 Å². The van der Waals surface area contributed by atoms with Crippen molar-refractivity contribution >= 4 is 0 Å². The lowest BCUT2D eigenvalue weighted by molar-refractivity contribution is 0.0596. The van der Waals surface area contributed by atoms with Crippen molar-refractivity contribution in [3.05, 3.63) is 35.4 Å². The fourth-order valence-electron chi connectivity index (χ4n) is 2.11. The lowest BCUT2D eigenvalue weighted by Gasteiger charge is -2.20. The molecule has 0 aliphatic carbocycles. The second kappa shape index (κ2) is 9.11. The summed E-state index contributed by atoms with van der Waals surface area (Å²) in [5, 5.41) is 3.58. The first-order valence-electron chi connectivity index (χ1n) is 7.52. The molecule has 19 heavy (non-hydrogen) atoms. The molecule has 0 aliphatic heterocycles. The molecule has 2 nitrogen and oxygen atoms in total. The Labute approximate surface area is 118 Å². The molecule has 0 spiro atoms. The molecule has 1 atom stereocenters. The molecule has 0 aliphatic rings. The van der Waals surface area contributed by atoms with Gasteiger partial charge in [0.2, 0.25) is 0 Å². The van der Waals surface area contributed by atoms with Crippen LogP contribution in [-0.4, -0.2) is 25.3 Å². The van der Waals surface area contributed by atoms with Crippen LogP contribution in [0.15, 0.2) is 24.3 Å². The van der Waals surface area contributed by atoms with E-state index >= 15 is 0 Å². The SMILES string of the molecule is CCCNC(CCc1cccc(C)c1)COC(C)C. The molecule has 0 aromatic heterocycles. The van der Waals surface area contributed by atoms with Crippen molar-refractivity contribution in [2.75, 3.05) is 13.2 Å². The van der Waals surface area contributed by atoms with Gasteiger partial charge in [-0.2, -0.15) is 0 Å². The van der Waals surface area contributed by atoms with Crippen LogP contribution in [0.25, 0.3) is 0 Å². The smallest absolute Gasteiger partial charge is 0.0623 e. The van der Waals surface area contributed by atoms with E-state index in [0.29, 0.717) is 12.1 Å². The van der Waals surface area contributed by atoms with E-state index in [-0.39, 0.29) is 0 Å². The molecule has 0 amide bonds. The number of benzene rings is 1. The summed E-state index contributed by atoms with van der Waals surface area (Å²) >= 11 is 0. The summed E-state index contributed by atoms with van der Waals surface area (Å²) in [6.07, 6.45) is 3.73. The summed E-state index contributed by atoms with van der Waals surface area (Å²) in [5.41, 5.74) is 2.77. The van der Waals surface area contributed by atoms with Gasteiger partial charge in [-0.3, -0.25) is 0 Å². The fourth-order valence-corrected chi connectivity index (χ4v) is 2.11. The first-order chi connectivity index (χ1) is 9.11. The van der Waals surface area contributed by atoms with Crippen molar-refractivity contribution in [1.82, 2.24) is 5.32 Å². The minimum absolute atomic E-state index is 0.310. The van der Waals surface area contributed by atoms with E-state index in [0.717, 1.165) is 26.0 Å². The number of rotatable bonds is 9. The van der Waals surface area contributed by atoms with Crippen LogP contribution in [0.4, 0.5) is 0 Å². The Balaban J connectivity index is 2.42. The van der Waals surface area contributed by atoms with Gasteiger partial charge < -0.3 is 10.1 Å². The highest BCUT2D eigenvalue weighted by atomic mass is 16.5. The molecule has 108 valence electrons. The maximum atomic E-state index is 5.75. The molecule has 1 rings (SSSR count). The molecule has 1 aromatic rings. The summed E-state index contributed by atoms with van der Waals surface area (Å²) in [6.45, 7) is 10.4. The molecular weight excluding hydrogens is 234 g/mol. The van der Waals surface area contributed by atoms with Crippen LogP contribution in [0.3, 0.4) is 0 Å². The minimum Gasteiger partial charge on any atom is -0.377 e. The van der Waals surface area contributed by atoms with Gasteiger partial charge in [0.15, 0.2) is 0 Å². The molecule has 0 saturated carbocycles. The van der Waals surface area contributed by atoms with Crippen molar-refractivity contribution < 1.29 is 4.74 Å². The van der Waals surface area contributed by atoms with Crippen molar-refractivity contribution in [3.63, 3.8) is 0 Å². The Morgan fingerprint density at radius 1 is 1.26 bits per heavy atom. The zero-order valence-corrected chi connectivity index (χ0v) is 12.9. The average molecular weight is 263 g/mol. The molecule has 1 N–H and O–H groups in total. The van der Waals surface area contributed by atoms with Crippen LogP contribution in [0.5, 0.6) is 0 Å². The third-order valence-electron chi connectivity index (χ3n) is 3.18. The van der Waals surface area contributed by atoms with E-state index < -0.39 is 0 Å². The normalized spacial score (nSPS) is 12.9. The minimum atomic E-state index is 0.310. The average Bonchev–Trinajstić information content (AvgIpc) is 2.37. The standard InChI is InChI=1S/C17H29NO/c1-5-11-18-17(13-19-14(2)3)10-9-16-8-6-7-15(4)12-16/h6-8,12,14,17-18H,5,9-11,13H2,1-4H3. The van der Waals surface area contributed by atoms with Crippen LogP contribution in [-0.2, 0) is 11.2 Å². The largest absolute Gasteiger partial charge is 0.377 e. The van der Waals surface area contributed by atoms with Crippen LogP contribution < -0.4 is 5.32 Å². The molecule has 0 bridgehead atoms. The predicted octanol–water partition coefficient (Wildman–Crippen LogP) is 3.72. The zero-order valence-electron chi connectivity index (χ0n) is 12.9. The van der Waals surface area contributed by atoms with Gasteiger partial charge in [0.1, 0.15) is 0 Å². The highest BCUT2D eigenvalue weighted by Crippen LogP contribution is 2.09. The Morgan fingerprint density at radius 3 is 2.68 bits per heavy atom. The van der Waals surface area contributed by atoms with Crippen molar-refractivity contribution in [2.45, 2.75) is 59.1 Å². The first-order valence-corrected chi connectivity index (χ1v) is 7.52. The monoisotopic (exact) mass is 263 g/mol. The van der Waals surface area contributed by atoms with Gasteiger partial charge in [-0.05, 0) is 52.1 Å². The number of hydrogen-bond donors (Lipinski definition) is 1.